The van der Waals surface area contributed by atoms with Crippen LogP contribution in [0.15, 0.2) is 59.6 Å². The first-order chi connectivity index (χ1) is 12.0. The smallest absolute Gasteiger partial charge is 0.337 e. The molecule has 1 heterocycles. The average molecular weight is 358 g/mol. The number of nitrogens with two attached hydrogens (primary N) is 1. The zero-order valence-corrected chi connectivity index (χ0v) is 14.5. The van der Waals surface area contributed by atoms with Gasteiger partial charge < -0.3 is 10.5 Å². The molecule has 0 unspecified atom stereocenters. The minimum atomic E-state index is -3.79. The van der Waals surface area contributed by atoms with Crippen LogP contribution in [0.5, 0.6) is 0 Å². The lowest BCUT2D eigenvalue weighted by atomic mass is 10.1. The van der Waals surface area contributed by atoms with E-state index in [1.165, 1.54) is 29.3 Å². The zero-order valence-electron chi connectivity index (χ0n) is 13.7. The fourth-order valence-electron chi connectivity index (χ4n) is 2.77. The molecule has 0 fully saturated rings. The Hall–Kier alpha value is -2.64. The Labute approximate surface area is 145 Å². The van der Waals surface area contributed by atoms with Gasteiger partial charge in [-0.2, -0.15) is 0 Å². The summed E-state index contributed by atoms with van der Waals surface area (Å²) >= 11 is 0. The van der Waals surface area contributed by atoms with Crippen LogP contribution in [0, 0.1) is 0 Å². The summed E-state index contributed by atoms with van der Waals surface area (Å²) in [5.41, 5.74) is 7.18. The van der Waals surface area contributed by atoms with E-state index in [0.717, 1.165) is 10.9 Å². The average Bonchev–Trinajstić information content (AvgIpc) is 3.01. The fourth-order valence-corrected chi connectivity index (χ4v) is 4.17. The first-order valence-electron chi connectivity index (χ1n) is 7.72. The summed E-state index contributed by atoms with van der Waals surface area (Å²) in [5, 5.41) is 0.748. The van der Waals surface area contributed by atoms with E-state index in [2.05, 4.69) is 0 Å². The van der Waals surface area contributed by atoms with Crippen LogP contribution in [0.3, 0.4) is 0 Å². The van der Waals surface area contributed by atoms with Gasteiger partial charge in [0, 0.05) is 11.6 Å². The molecular formula is C18H18N2O4S. The van der Waals surface area contributed by atoms with E-state index in [9.17, 15) is 13.2 Å². The number of ether oxygens (including phenoxy) is 1. The Bertz CT molecular complexity index is 1020. The van der Waals surface area contributed by atoms with E-state index < -0.39 is 16.0 Å². The minimum Gasteiger partial charge on any atom is -0.465 e. The van der Waals surface area contributed by atoms with Crippen LogP contribution in [0.4, 0.5) is 0 Å². The molecule has 3 aromatic rings. The molecule has 2 N–H and O–H groups in total. The summed E-state index contributed by atoms with van der Waals surface area (Å²) < 4.78 is 32.0. The molecular weight excluding hydrogens is 340 g/mol. The van der Waals surface area contributed by atoms with Gasteiger partial charge in [-0.05, 0) is 42.8 Å². The van der Waals surface area contributed by atoms with Crippen molar-refractivity contribution in [3.8, 4) is 0 Å². The SMILES string of the molecule is COC(=O)c1ccc2c(CCN)cn(S(=O)(=O)c3ccccc3)c2c1. The van der Waals surface area contributed by atoms with Crippen LogP contribution < -0.4 is 5.73 Å². The predicted molar refractivity (Wildman–Crippen MR) is 95.1 cm³/mol. The number of fused-ring (bicyclic) bond motifs is 1. The lowest BCUT2D eigenvalue weighted by molar-refractivity contribution is 0.0601. The third kappa shape index (κ3) is 3.04. The number of benzene rings is 2. The third-order valence-electron chi connectivity index (χ3n) is 3.99. The van der Waals surface area contributed by atoms with Gasteiger partial charge in [-0.1, -0.05) is 24.3 Å². The summed E-state index contributed by atoms with van der Waals surface area (Å²) in [5.74, 6) is -0.521. The van der Waals surface area contributed by atoms with Crippen LogP contribution in [-0.2, 0) is 21.2 Å². The second-order valence-corrected chi connectivity index (χ2v) is 7.35. The Balaban J connectivity index is 2.28. The molecule has 0 saturated carbocycles. The molecule has 7 heteroatoms. The number of carbonyl (C=O) groups is 1. The highest BCUT2D eigenvalue weighted by Gasteiger charge is 2.22. The second-order valence-electron chi connectivity index (χ2n) is 5.53. The molecule has 0 radical (unpaired) electrons. The summed E-state index contributed by atoms with van der Waals surface area (Å²) in [4.78, 5) is 12.0. The van der Waals surface area contributed by atoms with Crippen LogP contribution >= 0.6 is 0 Å². The van der Waals surface area contributed by atoms with Gasteiger partial charge >= 0.3 is 5.97 Å². The third-order valence-corrected chi connectivity index (χ3v) is 5.68. The van der Waals surface area contributed by atoms with Crippen molar-refractivity contribution in [2.75, 3.05) is 13.7 Å². The van der Waals surface area contributed by atoms with E-state index in [-0.39, 0.29) is 10.5 Å². The normalized spacial score (nSPS) is 11.6. The van der Waals surface area contributed by atoms with Gasteiger partial charge in [-0.25, -0.2) is 17.2 Å². The van der Waals surface area contributed by atoms with Gasteiger partial charge in [0.05, 0.1) is 23.1 Å². The van der Waals surface area contributed by atoms with Crippen LogP contribution in [0.1, 0.15) is 15.9 Å². The molecule has 2 aromatic carbocycles. The molecule has 0 saturated heterocycles. The van der Waals surface area contributed by atoms with E-state index in [1.807, 2.05) is 0 Å². The number of carbonyl (C=O) groups excluding carboxylic acids is 1. The highest BCUT2D eigenvalue weighted by molar-refractivity contribution is 7.90. The Morgan fingerprint density at radius 2 is 1.88 bits per heavy atom. The van der Waals surface area contributed by atoms with E-state index in [0.29, 0.717) is 18.5 Å². The number of rotatable bonds is 5. The lowest BCUT2D eigenvalue weighted by Crippen LogP contribution is -2.12. The Kier molecular flexibility index (Phi) is 4.61. The summed E-state index contributed by atoms with van der Waals surface area (Å²) in [7, 11) is -2.50. The summed E-state index contributed by atoms with van der Waals surface area (Å²) in [6, 6.07) is 13.0. The van der Waals surface area contributed by atoms with Crippen molar-refractivity contribution in [1.29, 1.82) is 0 Å². The molecule has 0 bridgehead atoms. The van der Waals surface area contributed by atoms with Gasteiger partial charge in [0.1, 0.15) is 0 Å². The highest BCUT2D eigenvalue weighted by Crippen LogP contribution is 2.27. The van der Waals surface area contributed by atoms with Crippen molar-refractivity contribution in [2.24, 2.45) is 5.73 Å². The number of aromatic nitrogens is 1. The maximum absolute atomic E-state index is 13.0. The molecule has 0 aliphatic heterocycles. The maximum Gasteiger partial charge on any atom is 0.337 e. The van der Waals surface area contributed by atoms with Gasteiger partial charge in [0.2, 0.25) is 0 Å². The van der Waals surface area contributed by atoms with Crippen molar-refractivity contribution >= 4 is 26.9 Å². The van der Waals surface area contributed by atoms with E-state index >= 15 is 0 Å². The highest BCUT2D eigenvalue weighted by atomic mass is 32.2. The standard InChI is InChI=1S/C18H18N2O4S/c1-24-18(21)13-7-8-16-14(9-10-19)12-20(17(16)11-13)25(22,23)15-5-3-2-4-6-15/h2-8,11-12H,9-10,19H2,1H3. The molecule has 0 aliphatic rings. The van der Waals surface area contributed by atoms with Crippen molar-refractivity contribution in [3.05, 3.63) is 65.9 Å². The van der Waals surface area contributed by atoms with Crippen molar-refractivity contribution in [1.82, 2.24) is 3.97 Å². The molecule has 1 aromatic heterocycles. The quantitative estimate of drug-likeness (QED) is 0.706. The second kappa shape index (κ2) is 6.70. The lowest BCUT2D eigenvalue weighted by Gasteiger charge is -2.08. The molecule has 3 rings (SSSR count). The Morgan fingerprint density at radius 3 is 2.52 bits per heavy atom. The monoisotopic (exact) mass is 358 g/mol. The maximum atomic E-state index is 13.0. The van der Waals surface area contributed by atoms with Gasteiger partial charge in [-0.15, -0.1) is 0 Å². The molecule has 6 nitrogen and oxygen atoms in total. The van der Waals surface area contributed by atoms with Crippen LogP contribution in [0.2, 0.25) is 0 Å². The van der Waals surface area contributed by atoms with Crippen molar-refractivity contribution in [3.63, 3.8) is 0 Å². The molecule has 0 aliphatic carbocycles. The number of nitrogens with zero attached hydrogens (tertiary/aromatic N) is 1. The Morgan fingerprint density at radius 1 is 1.16 bits per heavy atom. The topological polar surface area (TPSA) is 91.4 Å². The first kappa shape index (κ1) is 17.2. The van der Waals surface area contributed by atoms with E-state index in [1.54, 1.807) is 36.5 Å². The first-order valence-corrected chi connectivity index (χ1v) is 9.16. The number of hydrogen-bond donors (Lipinski definition) is 1. The predicted octanol–water partition coefficient (Wildman–Crippen LogP) is 2.17. The van der Waals surface area contributed by atoms with Crippen LogP contribution in [0.25, 0.3) is 10.9 Å². The number of methoxy groups -OCH3 is 1. The summed E-state index contributed by atoms with van der Waals surface area (Å²) in [6.07, 6.45) is 2.10. The van der Waals surface area contributed by atoms with Gasteiger partial charge in [0.15, 0.2) is 0 Å². The zero-order chi connectivity index (χ0) is 18.0. The van der Waals surface area contributed by atoms with Gasteiger partial charge in [-0.3, -0.25) is 0 Å². The summed E-state index contributed by atoms with van der Waals surface area (Å²) in [6.45, 7) is 0.392. The van der Waals surface area contributed by atoms with Gasteiger partial charge in [0.25, 0.3) is 10.0 Å². The van der Waals surface area contributed by atoms with Crippen LogP contribution in [-0.4, -0.2) is 32.0 Å². The molecule has 0 atom stereocenters. The fraction of sp³-hybridized carbons (Fsp3) is 0.167. The molecule has 130 valence electrons. The van der Waals surface area contributed by atoms with Crippen molar-refractivity contribution < 1.29 is 17.9 Å². The molecule has 0 spiro atoms. The molecule has 0 amide bonds. The largest absolute Gasteiger partial charge is 0.465 e. The van der Waals surface area contributed by atoms with Crippen molar-refractivity contribution in [2.45, 2.75) is 11.3 Å². The number of hydrogen-bond acceptors (Lipinski definition) is 5. The minimum absolute atomic E-state index is 0.176. The molecule has 25 heavy (non-hydrogen) atoms. The van der Waals surface area contributed by atoms with E-state index in [4.69, 9.17) is 10.5 Å². The number of esters is 1.